The van der Waals surface area contributed by atoms with Gasteiger partial charge < -0.3 is 15.7 Å². The van der Waals surface area contributed by atoms with Crippen LogP contribution in [-0.4, -0.2) is 30.7 Å². The molecule has 0 fully saturated rings. The van der Waals surface area contributed by atoms with Crippen molar-refractivity contribution in [2.75, 3.05) is 19.6 Å². The van der Waals surface area contributed by atoms with Gasteiger partial charge in [0.05, 0.1) is 6.10 Å². The third kappa shape index (κ3) is 4.41. The first kappa shape index (κ1) is 15.2. The Bertz CT molecular complexity index is 397. The summed E-state index contributed by atoms with van der Waals surface area (Å²) in [7, 11) is 0. The van der Waals surface area contributed by atoms with Gasteiger partial charge in [-0.25, -0.2) is 4.39 Å². The minimum Gasteiger partial charge on any atom is -0.387 e. The van der Waals surface area contributed by atoms with E-state index < -0.39 is 6.10 Å². The minimum atomic E-state index is -0.665. The van der Waals surface area contributed by atoms with Crippen LogP contribution in [0, 0.1) is 5.82 Å². The molecule has 0 bridgehead atoms. The van der Waals surface area contributed by atoms with Gasteiger partial charge in [-0.15, -0.1) is 24.0 Å². The lowest BCUT2D eigenvalue weighted by Crippen LogP contribution is -2.42. The number of hydrogen-bond donors (Lipinski definition) is 3. The van der Waals surface area contributed by atoms with Gasteiger partial charge in [-0.3, -0.25) is 4.99 Å². The smallest absolute Gasteiger partial charge is 0.191 e. The second-order valence-corrected chi connectivity index (χ2v) is 3.96. The lowest BCUT2D eigenvalue weighted by Gasteiger charge is -2.18. The maximum absolute atomic E-state index is 12.7. The van der Waals surface area contributed by atoms with Crippen LogP contribution in [0.1, 0.15) is 18.1 Å². The Morgan fingerprint density at radius 2 is 2.11 bits per heavy atom. The van der Waals surface area contributed by atoms with Crippen molar-refractivity contribution in [3.8, 4) is 0 Å². The fourth-order valence-electron chi connectivity index (χ4n) is 1.65. The summed E-state index contributed by atoms with van der Waals surface area (Å²) < 4.78 is 12.7. The highest BCUT2D eigenvalue weighted by molar-refractivity contribution is 14.0. The van der Waals surface area contributed by atoms with Gasteiger partial charge in [0.1, 0.15) is 5.82 Å². The van der Waals surface area contributed by atoms with E-state index in [9.17, 15) is 9.50 Å². The van der Waals surface area contributed by atoms with Gasteiger partial charge in [0.2, 0.25) is 0 Å². The van der Waals surface area contributed by atoms with Crippen LogP contribution in [0.5, 0.6) is 0 Å². The standard InChI is InChI=1S/C12H16FN3O.HI/c13-10-4-2-9(3-5-10)11(17)8-16-12-14-6-1-7-15-12;/h2-5,11,17H,1,6-8H2,(H2,14,15,16);1H/t11-;/m0./s1. The molecule has 0 saturated heterocycles. The van der Waals surface area contributed by atoms with Crippen molar-refractivity contribution in [3.63, 3.8) is 0 Å². The number of hydrogen-bond acceptors (Lipinski definition) is 4. The van der Waals surface area contributed by atoms with E-state index in [0.29, 0.717) is 12.1 Å². The third-order valence-electron chi connectivity index (χ3n) is 2.61. The monoisotopic (exact) mass is 365 g/mol. The summed E-state index contributed by atoms with van der Waals surface area (Å²) in [6.07, 6.45) is 0.369. The molecule has 2 rings (SSSR count). The molecule has 0 spiro atoms. The maximum atomic E-state index is 12.7. The minimum absolute atomic E-state index is 0. The predicted molar refractivity (Wildman–Crippen MR) is 79.7 cm³/mol. The van der Waals surface area contributed by atoms with E-state index in [-0.39, 0.29) is 29.8 Å². The van der Waals surface area contributed by atoms with Gasteiger partial charge in [0.25, 0.3) is 0 Å². The van der Waals surface area contributed by atoms with Crippen LogP contribution < -0.4 is 10.6 Å². The Morgan fingerprint density at radius 3 is 2.72 bits per heavy atom. The number of aliphatic imine (C=N–C) groups is 1. The van der Waals surface area contributed by atoms with Crippen LogP contribution in [-0.2, 0) is 0 Å². The average molecular weight is 365 g/mol. The third-order valence-corrected chi connectivity index (χ3v) is 2.61. The van der Waals surface area contributed by atoms with E-state index in [2.05, 4.69) is 15.6 Å². The van der Waals surface area contributed by atoms with E-state index in [1.54, 1.807) is 12.1 Å². The molecule has 1 aromatic rings. The topological polar surface area (TPSA) is 56.6 Å². The molecule has 0 radical (unpaired) electrons. The highest BCUT2D eigenvalue weighted by Gasteiger charge is 2.09. The van der Waals surface area contributed by atoms with Gasteiger partial charge in [-0.1, -0.05) is 12.1 Å². The molecule has 6 heteroatoms. The van der Waals surface area contributed by atoms with Crippen LogP contribution in [0.4, 0.5) is 4.39 Å². The molecule has 1 aliphatic rings. The molecule has 1 aromatic carbocycles. The van der Waals surface area contributed by atoms with Crippen molar-refractivity contribution in [3.05, 3.63) is 35.6 Å². The normalized spacial score (nSPS) is 16.0. The SMILES string of the molecule is I.O[C@@H](CNC1=NCCCN1)c1ccc(F)cc1. The fourth-order valence-corrected chi connectivity index (χ4v) is 1.65. The lowest BCUT2D eigenvalue weighted by atomic mass is 10.1. The first-order valence-corrected chi connectivity index (χ1v) is 5.71. The van der Waals surface area contributed by atoms with Crippen molar-refractivity contribution in [2.24, 2.45) is 4.99 Å². The first-order valence-electron chi connectivity index (χ1n) is 5.71. The molecule has 18 heavy (non-hydrogen) atoms. The van der Waals surface area contributed by atoms with Gasteiger partial charge in [0, 0.05) is 19.6 Å². The Morgan fingerprint density at radius 1 is 1.39 bits per heavy atom. The highest BCUT2D eigenvalue weighted by atomic mass is 127. The number of benzene rings is 1. The number of guanidine groups is 1. The van der Waals surface area contributed by atoms with E-state index >= 15 is 0 Å². The van der Waals surface area contributed by atoms with Crippen LogP contribution >= 0.6 is 24.0 Å². The quantitative estimate of drug-likeness (QED) is 0.711. The zero-order chi connectivity index (χ0) is 12.1. The molecule has 0 saturated carbocycles. The largest absolute Gasteiger partial charge is 0.387 e. The fraction of sp³-hybridized carbons (Fsp3) is 0.417. The summed E-state index contributed by atoms with van der Waals surface area (Å²) in [5.41, 5.74) is 0.690. The highest BCUT2D eigenvalue weighted by Crippen LogP contribution is 2.12. The summed E-state index contributed by atoms with van der Waals surface area (Å²) >= 11 is 0. The summed E-state index contributed by atoms with van der Waals surface area (Å²) in [5, 5.41) is 16.0. The molecular weight excluding hydrogens is 348 g/mol. The maximum Gasteiger partial charge on any atom is 0.191 e. The molecule has 1 atom stereocenters. The molecular formula is C12H17FIN3O. The average Bonchev–Trinajstić information content (AvgIpc) is 2.38. The molecule has 100 valence electrons. The molecule has 3 N–H and O–H groups in total. The van der Waals surface area contributed by atoms with Gasteiger partial charge in [-0.2, -0.15) is 0 Å². The molecule has 0 unspecified atom stereocenters. The van der Waals surface area contributed by atoms with Crippen LogP contribution in [0.25, 0.3) is 0 Å². The predicted octanol–water partition coefficient (Wildman–Crippen LogP) is 1.42. The van der Waals surface area contributed by atoms with Crippen molar-refractivity contribution in [1.29, 1.82) is 0 Å². The summed E-state index contributed by atoms with van der Waals surface area (Å²) in [4.78, 5) is 4.23. The number of nitrogens with one attached hydrogen (secondary N) is 2. The second-order valence-electron chi connectivity index (χ2n) is 3.96. The number of rotatable bonds is 3. The molecule has 1 heterocycles. The van der Waals surface area contributed by atoms with E-state index in [4.69, 9.17) is 0 Å². The molecule has 1 aliphatic heterocycles. The van der Waals surface area contributed by atoms with Gasteiger partial charge >= 0.3 is 0 Å². The Balaban J connectivity index is 0.00000162. The Labute approximate surface area is 123 Å². The molecule has 0 amide bonds. The van der Waals surface area contributed by atoms with Crippen molar-refractivity contribution in [2.45, 2.75) is 12.5 Å². The Kier molecular flexibility index (Phi) is 6.34. The number of aliphatic hydroxyl groups is 1. The summed E-state index contributed by atoms with van der Waals surface area (Å²) in [6, 6.07) is 5.85. The zero-order valence-corrected chi connectivity index (χ0v) is 12.2. The summed E-state index contributed by atoms with van der Waals surface area (Å²) in [5.74, 6) is 0.421. The zero-order valence-electron chi connectivity index (χ0n) is 9.90. The van der Waals surface area contributed by atoms with E-state index in [0.717, 1.165) is 25.5 Å². The number of halogens is 2. The van der Waals surface area contributed by atoms with Gasteiger partial charge in [0.15, 0.2) is 5.96 Å². The Hall–Kier alpha value is -0.890. The van der Waals surface area contributed by atoms with Crippen LogP contribution in [0.2, 0.25) is 0 Å². The van der Waals surface area contributed by atoms with Gasteiger partial charge in [-0.05, 0) is 24.1 Å². The van der Waals surface area contributed by atoms with Crippen molar-refractivity contribution >= 4 is 29.9 Å². The molecule has 0 aromatic heterocycles. The van der Waals surface area contributed by atoms with E-state index in [1.165, 1.54) is 12.1 Å². The summed E-state index contributed by atoms with van der Waals surface area (Å²) in [6.45, 7) is 2.07. The van der Waals surface area contributed by atoms with Crippen molar-refractivity contribution in [1.82, 2.24) is 10.6 Å². The lowest BCUT2D eigenvalue weighted by molar-refractivity contribution is 0.180. The van der Waals surface area contributed by atoms with Crippen LogP contribution in [0.15, 0.2) is 29.3 Å². The number of nitrogens with zero attached hydrogens (tertiary/aromatic N) is 1. The first-order chi connectivity index (χ1) is 8.25. The van der Waals surface area contributed by atoms with E-state index in [1.807, 2.05) is 0 Å². The van der Waals surface area contributed by atoms with Crippen LogP contribution in [0.3, 0.4) is 0 Å². The number of aliphatic hydroxyl groups excluding tert-OH is 1. The molecule has 4 nitrogen and oxygen atoms in total. The molecule has 0 aliphatic carbocycles. The van der Waals surface area contributed by atoms with Crippen molar-refractivity contribution < 1.29 is 9.50 Å². The second kappa shape index (κ2) is 7.52.